The second-order valence-corrected chi connectivity index (χ2v) is 8.32. The van der Waals surface area contributed by atoms with Gasteiger partial charge in [-0.1, -0.05) is 19.9 Å². The number of amides is 1. The maximum atomic E-state index is 12.8. The Balaban J connectivity index is 2.02. The zero-order valence-electron chi connectivity index (χ0n) is 15.8. The van der Waals surface area contributed by atoms with E-state index >= 15 is 0 Å². The average molecular weight is 430 g/mol. The molecule has 0 aliphatic carbocycles. The van der Waals surface area contributed by atoms with E-state index < -0.39 is 21.8 Å². The Bertz CT molecular complexity index is 943. The van der Waals surface area contributed by atoms with Gasteiger partial charge in [0.05, 0.1) is 10.5 Å². The molecular weight excluding hydrogens is 409 g/mol. The summed E-state index contributed by atoms with van der Waals surface area (Å²) in [4.78, 5) is 11.5. The molecule has 0 aliphatic heterocycles. The lowest BCUT2D eigenvalue weighted by molar-refractivity contribution is -0.137. The molecule has 0 unspecified atom stereocenters. The molecule has 0 atom stereocenters. The van der Waals surface area contributed by atoms with E-state index in [0.29, 0.717) is 18.5 Å². The standard InChI is InChI=1S/C19H21F3N2O4S/c1-13(2)11-23-18(25)12-28-16-6-8-17(9-7-16)29(26,27)24-15-5-3-4-14(10-15)19(20,21)22/h3-10,13,24H,11-12H2,1-2H3,(H,23,25). The minimum Gasteiger partial charge on any atom is -0.484 e. The van der Waals surface area contributed by atoms with Gasteiger partial charge < -0.3 is 10.1 Å². The van der Waals surface area contributed by atoms with Crippen molar-refractivity contribution in [2.24, 2.45) is 5.92 Å². The van der Waals surface area contributed by atoms with E-state index in [9.17, 15) is 26.4 Å². The number of rotatable bonds is 8. The van der Waals surface area contributed by atoms with Gasteiger partial charge in [0.2, 0.25) is 0 Å². The van der Waals surface area contributed by atoms with Crippen molar-refractivity contribution in [2.75, 3.05) is 17.9 Å². The van der Waals surface area contributed by atoms with Crippen molar-refractivity contribution < 1.29 is 31.1 Å². The summed E-state index contributed by atoms with van der Waals surface area (Å²) in [5, 5.41) is 2.68. The van der Waals surface area contributed by atoms with Crippen molar-refractivity contribution in [2.45, 2.75) is 24.9 Å². The summed E-state index contributed by atoms with van der Waals surface area (Å²) in [6, 6.07) is 9.08. The van der Waals surface area contributed by atoms with Crippen LogP contribution in [0.1, 0.15) is 19.4 Å². The molecule has 158 valence electrons. The fraction of sp³-hybridized carbons (Fsp3) is 0.316. The van der Waals surface area contributed by atoms with Gasteiger partial charge in [0.15, 0.2) is 6.61 Å². The minimum atomic E-state index is -4.58. The van der Waals surface area contributed by atoms with Crippen molar-refractivity contribution in [1.29, 1.82) is 0 Å². The first kappa shape index (κ1) is 22.5. The number of sulfonamides is 1. The van der Waals surface area contributed by atoms with Crippen LogP contribution in [0.4, 0.5) is 18.9 Å². The van der Waals surface area contributed by atoms with Crippen LogP contribution in [0.2, 0.25) is 0 Å². The van der Waals surface area contributed by atoms with Crippen molar-refractivity contribution >= 4 is 21.6 Å². The Morgan fingerprint density at radius 3 is 2.34 bits per heavy atom. The highest BCUT2D eigenvalue weighted by Crippen LogP contribution is 2.31. The van der Waals surface area contributed by atoms with Crippen LogP contribution in [0.5, 0.6) is 5.75 Å². The molecule has 0 heterocycles. The summed E-state index contributed by atoms with van der Waals surface area (Å²) < 4.78 is 70.5. The fourth-order valence-corrected chi connectivity index (χ4v) is 3.26. The first-order chi connectivity index (χ1) is 13.5. The van der Waals surface area contributed by atoms with Crippen LogP contribution < -0.4 is 14.8 Å². The molecule has 1 amide bonds. The molecule has 0 bridgehead atoms. The minimum absolute atomic E-state index is 0.161. The predicted octanol–water partition coefficient (Wildman–Crippen LogP) is 3.66. The highest BCUT2D eigenvalue weighted by molar-refractivity contribution is 7.92. The lowest BCUT2D eigenvalue weighted by Crippen LogP contribution is -2.31. The van der Waals surface area contributed by atoms with E-state index in [4.69, 9.17) is 4.74 Å². The van der Waals surface area contributed by atoms with E-state index in [1.54, 1.807) is 0 Å². The highest BCUT2D eigenvalue weighted by Gasteiger charge is 2.30. The molecule has 0 aliphatic rings. The van der Waals surface area contributed by atoms with Crippen molar-refractivity contribution in [3.05, 3.63) is 54.1 Å². The van der Waals surface area contributed by atoms with Gasteiger partial charge in [-0.2, -0.15) is 13.2 Å². The quantitative estimate of drug-likeness (QED) is 0.670. The maximum Gasteiger partial charge on any atom is 0.416 e. The topological polar surface area (TPSA) is 84.5 Å². The molecule has 2 rings (SSSR count). The van der Waals surface area contributed by atoms with Gasteiger partial charge in [0.1, 0.15) is 5.75 Å². The van der Waals surface area contributed by atoms with E-state index in [-0.39, 0.29) is 28.8 Å². The van der Waals surface area contributed by atoms with Crippen LogP contribution in [0.25, 0.3) is 0 Å². The van der Waals surface area contributed by atoms with Crippen LogP contribution in [0.15, 0.2) is 53.4 Å². The number of carbonyl (C=O) groups excluding carboxylic acids is 1. The second kappa shape index (κ2) is 9.17. The maximum absolute atomic E-state index is 12.8. The van der Waals surface area contributed by atoms with Crippen LogP contribution in [0.3, 0.4) is 0 Å². The molecule has 0 fully saturated rings. The summed E-state index contributed by atoms with van der Waals surface area (Å²) >= 11 is 0. The predicted molar refractivity (Wildman–Crippen MR) is 102 cm³/mol. The normalized spacial score (nSPS) is 11.9. The van der Waals surface area contributed by atoms with Gasteiger partial charge in [-0.15, -0.1) is 0 Å². The number of alkyl halides is 3. The summed E-state index contributed by atoms with van der Waals surface area (Å²) in [6.45, 7) is 4.20. The molecule has 2 aromatic rings. The first-order valence-corrected chi connectivity index (χ1v) is 10.2. The van der Waals surface area contributed by atoms with Crippen molar-refractivity contribution in [3.63, 3.8) is 0 Å². The Morgan fingerprint density at radius 2 is 1.76 bits per heavy atom. The lowest BCUT2D eigenvalue weighted by Gasteiger charge is -2.12. The van der Waals surface area contributed by atoms with Crippen LogP contribution in [-0.4, -0.2) is 27.5 Å². The number of anilines is 1. The SMILES string of the molecule is CC(C)CNC(=O)COc1ccc(S(=O)(=O)Nc2cccc(C(F)(F)F)c2)cc1. The average Bonchev–Trinajstić information content (AvgIpc) is 2.64. The number of halogens is 3. The van der Waals surface area contributed by atoms with Gasteiger partial charge >= 0.3 is 6.18 Å². The number of benzene rings is 2. The van der Waals surface area contributed by atoms with Crippen LogP contribution in [-0.2, 0) is 21.0 Å². The Hall–Kier alpha value is -2.75. The molecule has 29 heavy (non-hydrogen) atoms. The molecule has 2 aromatic carbocycles. The number of hydrogen-bond donors (Lipinski definition) is 2. The van der Waals surface area contributed by atoms with Crippen LogP contribution >= 0.6 is 0 Å². The van der Waals surface area contributed by atoms with Gasteiger partial charge in [0, 0.05) is 12.2 Å². The Morgan fingerprint density at radius 1 is 1.10 bits per heavy atom. The van der Waals surface area contributed by atoms with Gasteiger partial charge in [-0.25, -0.2) is 8.42 Å². The van der Waals surface area contributed by atoms with Crippen molar-refractivity contribution in [1.82, 2.24) is 5.32 Å². The number of hydrogen-bond acceptors (Lipinski definition) is 4. The molecular formula is C19H21F3N2O4S. The lowest BCUT2D eigenvalue weighted by atomic mass is 10.2. The van der Waals surface area contributed by atoms with Gasteiger partial charge in [0.25, 0.3) is 15.9 Å². The van der Waals surface area contributed by atoms with E-state index in [2.05, 4.69) is 10.0 Å². The fourth-order valence-electron chi connectivity index (χ4n) is 2.21. The van der Waals surface area contributed by atoms with E-state index in [1.165, 1.54) is 30.3 Å². The number of ether oxygens (including phenoxy) is 1. The monoisotopic (exact) mass is 430 g/mol. The van der Waals surface area contributed by atoms with E-state index in [1.807, 2.05) is 13.8 Å². The molecule has 0 aromatic heterocycles. The van der Waals surface area contributed by atoms with Gasteiger partial charge in [-0.05, 0) is 48.4 Å². The summed E-state index contributed by atoms with van der Waals surface area (Å²) in [7, 11) is -4.09. The first-order valence-electron chi connectivity index (χ1n) is 8.67. The second-order valence-electron chi connectivity index (χ2n) is 6.64. The number of carbonyl (C=O) groups is 1. The molecule has 6 nitrogen and oxygen atoms in total. The molecule has 10 heteroatoms. The molecule has 0 saturated heterocycles. The molecule has 0 spiro atoms. The smallest absolute Gasteiger partial charge is 0.416 e. The number of nitrogens with one attached hydrogen (secondary N) is 2. The summed E-state index contributed by atoms with van der Waals surface area (Å²) in [5.74, 6) is 0.275. The van der Waals surface area contributed by atoms with Gasteiger partial charge in [-0.3, -0.25) is 9.52 Å². The summed E-state index contributed by atoms with van der Waals surface area (Å²) in [6.07, 6.45) is -4.58. The zero-order chi connectivity index (χ0) is 21.7. The Labute approximate surface area is 167 Å². The van der Waals surface area contributed by atoms with Crippen LogP contribution in [0, 0.1) is 5.92 Å². The Kier molecular flexibility index (Phi) is 7.12. The third-order valence-corrected chi connectivity index (χ3v) is 5.05. The molecule has 0 radical (unpaired) electrons. The largest absolute Gasteiger partial charge is 0.484 e. The summed E-state index contributed by atoms with van der Waals surface area (Å²) in [5.41, 5.74) is -1.17. The van der Waals surface area contributed by atoms with Crippen molar-refractivity contribution in [3.8, 4) is 5.75 Å². The molecule has 0 saturated carbocycles. The third kappa shape index (κ3) is 6.97. The highest BCUT2D eigenvalue weighted by atomic mass is 32.2. The zero-order valence-corrected chi connectivity index (χ0v) is 16.6. The third-order valence-electron chi connectivity index (χ3n) is 3.65. The molecule has 2 N–H and O–H groups in total. The van der Waals surface area contributed by atoms with E-state index in [0.717, 1.165) is 12.1 Å².